The number of pyridine rings is 1. The third kappa shape index (κ3) is 8.90. The zero-order valence-corrected chi connectivity index (χ0v) is 33.7. The first kappa shape index (κ1) is 43.8. The normalized spacial score (nSPS) is 21.8. The Bertz CT molecular complexity index is 2030. The molecule has 0 bridgehead atoms. The van der Waals surface area contributed by atoms with Crippen LogP contribution in [0.5, 0.6) is 11.5 Å². The highest BCUT2D eigenvalue weighted by molar-refractivity contribution is 7.10. The number of aliphatic hydroxyl groups is 1. The number of aromatic nitrogens is 1. The molecule has 1 N–H and O–H groups in total. The number of thiophene rings is 1. The standard InChI is InChI=1S/C43H48F6N4O5S/c1-3-10-35-41(58-30-25-36(59-27-30)43(47,48)49,17-8-21-53(35)37(55)31-26-51-20-13-32(31)42(44,45)46)38(56)52-22-18-40(28-50,19-23-52)33-11-4-5-12-34(33)57-24-9-16-39(29(2)54)14-6-7-15-39/h4-5,11-13,20,25-27,35,54H,2-3,6-10,14-19,21-24H2,1H3/t35-,41+/m1/s1. The molecule has 1 saturated carbocycles. The fraction of sp³-hybridized carbons (Fsp3) is 0.535. The Hall–Kier alpha value is -4.78. The summed E-state index contributed by atoms with van der Waals surface area (Å²) in [5.74, 6) is -1.18. The van der Waals surface area contributed by atoms with Crippen LogP contribution in [0.1, 0.15) is 110 Å². The second-order valence-electron chi connectivity index (χ2n) is 15.8. The van der Waals surface area contributed by atoms with Gasteiger partial charge in [0, 0.05) is 60.9 Å². The van der Waals surface area contributed by atoms with Crippen LogP contribution in [0.15, 0.2) is 66.5 Å². The molecule has 2 atom stereocenters. The van der Waals surface area contributed by atoms with E-state index in [-0.39, 0.29) is 68.7 Å². The Morgan fingerprint density at radius 2 is 1.73 bits per heavy atom. The van der Waals surface area contributed by atoms with Gasteiger partial charge in [0.2, 0.25) is 5.60 Å². The molecular weight excluding hydrogens is 799 g/mol. The molecule has 4 heterocycles. The van der Waals surface area contributed by atoms with Crippen molar-refractivity contribution in [1.82, 2.24) is 14.8 Å². The van der Waals surface area contributed by atoms with Gasteiger partial charge in [-0.3, -0.25) is 14.6 Å². The lowest BCUT2D eigenvalue weighted by Gasteiger charge is -2.51. The number of carbonyl (C=O) groups excluding carboxylic acids is 2. The van der Waals surface area contributed by atoms with Crippen LogP contribution < -0.4 is 9.47 Å². The van der Waals surface area contributed by atoms with Crippen molar-refractivity contribution in [2.45, 2.75) is 113 Å². The maximum Gasteiger partial charge on any atom is 0.425 e. The van der Waals surface area contributed by atoms with E-state index in [0.29, 0.717) is 54.6 Å². The summed E-state index contributed by atoms with van der Waals surface area (Å²) in [6.45, 7) is 5.97. The van der Waals surface area contributed by atoms with Crippen LogP contribution >= 0.6 is 11.3 Å². The minimum Gasteiger partial charge on any atom is -0.512 e. The average Bonchev–Trinajstić information content (AvgIpc) is 3.91. The van der Waals surface area contributed by atoms with E-state index in [4.69, 9.17) is 9.47 Å². The van der Waals surface area contributed by atoms with E-state index < -0.39 is 57.2 Å². The molecule has 3 aliphatic rings. The number of halogens is 6. The first-order chi connectivity index (χ1) is 28.0. The van der Waals surface area contributed by atoms with Crippen molar-refractivity contribution in [3.05, 3.63) is 88.1 Å². The molecule has 2 aromatic heterocycles. The number of ether oxygens (including phenoxy) is 2. The van der Waals surface area contributed by atoms with Crippen molar-refractivity contribution in [2.24, 2.45) is 5.41 Å². The van der Waals surface area contributed by atoms with Gasteiger partial charge in [0.25, 0.3) is 11.8 Å². The van der Waals surface area contributed by atoms with Crippen molar-refractivity contribution in [3.8, 4) is 17.6 Å². The molecule has 0 radical (unpaired) electrons. The van der Waals surface area contributed by atoms with Crippen LogP contribution in [0.25, 0.3) is 0 Å². The van der Waals surface area contributed by atoms with Gasteiger partial charge in [-0.05, 0) is 63.5 Å². The summed E-state index contributed by atoms with van der Waals surface area (Å²) in [5.41, 5.74) is -4.63. The van der Waals surface area contributed by atoms with E-state index in [0.717, 1.165) is 49.5 Å². The van der Waals surface area contributed by atoms with Gasteiger partial charge in [0.15, 0.2) is 0 Å². The Labute approximate surface area is 343 Å². The van der Waals surface area contributed by atoms with Crippen LogP contribution in [-0.2, 0) is 22.6 Å². The fourth-order valence-corrected chi connectivity index (χ4v) is 9.89. The van der Waals surface area contributed by atoms with E-state index >= 15 is 4.79 Å². The number of amides is 2. The lowest BCUT2D eigenvalue weighted by molar-refractivity contribution is -0.160. The number of piperidine rings is 2. The molecule has 2 amide bonds. The highest BCUT2D eigenvalue weighted by atomic mass is 32.1. The predicted molar refractivity (Wildman–Crippen MR) is 208 cm³/mol. The number of hydrogen-bond acceptors (Lipinski definition) is 8. The van der Waals surface area contributed by atoms with Crippen LogP contribution in [0.3, 0.4) is 0 Å². The number of hydrogen-bond donors (Lipinski definition) is 1. The van der Waals surface area contributed by atoms with Crippen molar-refractivity contribution in [1.29, 1.82) is 5.26 Å². The number of aliphatic hydroxyl groups excluding tert-OH is 1. The molecule has 0 unspecified atom stereocenters. The quantitative estimate of drug-likeness (QED) is 0.103. The lowest BCUT2D eigenvalue weighted by atomic mass is 9.72. The number of benzene rings is 1. The summed E-state index contributed by atoms with van der Waals surface area (Å²) >= 11 is 0.378. The highest BCUT2D eigenvalue weighted by Gasteiger charge is 2.57. The fourth-order valence-electron chi connectivity index (χ4n) is 9.22. The van der Waals surface area contributed by atoms with E-state index in [9.17, 15) is 41.5 Å². The highest BCUT2D eigenvalue weighted by Crippen LogP contribution is 2.47. The van der Waals surface area contributed by atoms with Gasteiger partial charge in [0.1, 0.15) is 16.4 Å². The third-order valence-corrected chi connectivity index (χ3v) is 13.3. The first-order valence-electron chi connectivity index (χ1n) is 20.0. The van der Waals surface area contributed by atoms with Crippen molar-refractivity contribution < 1.29 is 50.5 Å². The number of nitrogens with zero attached hydrogens (tertiary/aromatic N) is 4. The molecule has 2 saturated heterocycles. The molecule has 16 heteroatoms. The second-order valence-corrected chi connectivity index (χ2v) is 16.7. The third-order valence-electron chi connectivity index (χ3n) is 12.3. The van der Waals surface area contributed by atoms with Crippen LogP contribution in [-0.4, -0.2) is 69.6 Å². The van der Waals surface area contributed by atoms with Crippen molar-refractivity contribution >= 4 is 23.2 Å². The van der Waals surface area contributed by atoms with Crippen LogP contribution in [0.4, 0.5) is 26.3 Å². The monoisotopic (exact) mass is 846 g/mol. The topological polar surface area (TPSA) is 116 Å². The number of carbonyl (C=O) groups is 2. The number of para-hydroxylation sites is 1. The summed E-state index contributed by atoms with van der Waals surface area (Å²) in [6, 6.07) is 10.0. The Morgan fingerprint density at radius 1 is 1.02 bits per heavy atom. The van der Waals surface area contributed by atoms with Gasteiger partial charge >= 0.3 is 12.4 Å². The number of likely N-dealkylation sites (tertiary alicyclic amines) is 2. The van der Waals surface area contributed by atoms with Gasteiger partial charge in [-0.15, -0.1) is 11.3 Å². The zero-order chi connectivity index (χ0) is 42.6. The largest absolute Gasteiger partial charge is 0.512 e. The molecular formula is C43H48F6N4O5S. The molecule has 9 nitrogen and oxygen atoms in total. The van der Waals surface area contributed by atoms with Gasteiger partial charge in [-0.25, -0.2) is 0 Å². The number of nitriles is 1. The second kappa shape index (κ2) is 17.4. The molecule has 0 spiro atoms. The molecule has 2 aliphatic heterocycles. The van der Waals surface area contributed by atoms with Crippen molar-refractivity contribution in [3.63, 3.8) is 0 Å². The summed E-state index contributed by atoms with van der Waals surface area (Å²) in [4.78, 5) is 34.7. The Balaban J connectivity index is 1.28. The van der Waals surface area contributed by atoms with Gasteiger partial charge in [0.05, 0.1) is 41.0 Å². The number of allylic oxidation sites excluding steroid dienone is 1. The number of alkyl halides is 6. The van der Waals surface area contributed by atoms with E-state index in [1.54, 1.807) is 25.1 Å². The average molecular weight is 847 g/mol. The van der Waals surface area contributed by atoms with Gasteiger partial charge in [-0.2, -0.15) is 31.6 Å². The lowest BCUT2D eigenvalue weighted by Crippen LogP contribution is -2.68. The zero-order valence-electron chi connectivity index (χ0n) is 32.8. The van der Waals surface area contributed by atoms with E-state index in [2.05, 4.69) is 17.6 Å². The minimum atomic E-state index is -4.89. The summed E-state index contributed by atoms with van der Waals surface area (Å²) in [5, 5.41) is 22.2. The molecule has 1 aliphatic carbocycles. The molecule has 6 rings (SSSR count). The smallest absolute Gasteiger partial charge is 0.425 e. The predicted octanol–water partition coefficient (Wildman–Crippen LogP) is 10.3. The maximum absolute atomic E-state index is 15.1. The van der Waals surface area contributed by atoms with Gasteiger partial charge < -0.3 is 24.4 Å². The molecule has 318 valence electrons. The molecule has 1 aromatic carbocycles. The SMILES string of the molecule is C=C(O)C1(CCCOc2ccccc2C2(C#N)CCN(C(=O)[C@]3(Oc4csc(C(F)(F)F)c4)CCCN(C(=O)c4cnccc4C(F)(F)F)[C@@H]3CCC)CC2)CCCC1. The Kier molecular flexibility index (Phi) is 12.9. The van der Waals surface area contributed by atoms with Gasteiger partial charge in [-0.1, -0.05) is 51.0 Å². The number of rotatable bonds is 13. The maximum atomic E-state index is 15.1. The summed E-state index contributed by atoms with van der Waals surface area (Å²) in [7, 11) is 0. The minimum absolute atomic E-state index is 0.0296. The van der Waals surface area contributed by atoms with Crippen LogP contribution in [0, 0.1) is 16.7 Å². The van der Waals surface area contributed by atoms with E-state index in [1.165, 1.54) is 9.80 Å². The molecule has 3 fully saturated rings. The molecule has 3 aromatic rings. The molecule has 59 heavy (non-hydrogen) atoms. The van der Waals surface area contributed by atoms with Crippen LogP contribution in [0.2, 0.25) is 0 Å². The first-order valence-corrected chi connectivity index (χ1v) is 20.9. The summed E-state index contributed by atoms with van der Waals surface area (Å²) < 4.78 is 96.3. The summed E-state index contributed by atoms with van der Waals surface area (Å²) in [6.07, 6.45) is -1.83. The van der Waals surface area contributed by atoms with Crippen molar-refractivity contribution in [2.75, 3.05) is 26.2 Å². The van der Waals surface area contributed by atoms with E-state index in [1.807, 2.05) is 6.07 Å². The Morgan fingerprint density at radius 3 is 2.36 bits per heavy atom.